The lowest BCUT2D eigenvalue weighted by molar-refractivity contribution is -0.136. The molecule has 0 amide bonds. The zero-order valence-corrected chi connectivity index (χ0v) is 21.1. The highest BCUT2D eigenvalue weighted by molar-refractivity contribution is 7.07. The fourth-order valence-electron chi connectivity index (χ4n) is 4.40. The van der Waals surface area contributed by atoms with E-state index in [1.54, 1.807) is 16.7 Å². The first-order valence-electron chi connectivity index (χ1n) is 11.7. The maximum absolute atomic E-state index is 13.6. The van der Waals surface area contributed by atoms with Crippen LogP contribution in [0.4, 0.5) is 5.69 Å². The molecule has 4 rings (SSSR count). The van der Waals surface area contributed by atoms with Gasteiger partial charge in [0, 0.05) is 30.4 Å². The van der Waals surface area contributed by atoms with Crippen molar-refractivity contribution in [3.05, 3.63) is 90.6 Å². The van der Waals surface area contributed by atoms with Crippen molar-refractivity contribution in [3.63, 3.8) is 0 Å². The van der Waals surface area contributed by atoms with Gasteiger partial charge in [0.05, 0.1) is 29.0 Å². The number of nitrogens with zero attached hydrogens (tertiary/aromatic N) is 3. The van der Waals surface area contributed by atoms with Crippen molar-refractivity contribution in [2.24, 2.45) is 4.99 Å². The number of hydrogen-bond acceptors (Lipinski definition) is 7. The van der Waals surface area contributed by atoms with Crippen molar-refractivity contribution >= 4 is 29.1 Å². The minimum absolute atomic E-state index is 0.101. The van der Waals surface area contributed by atoms with E-state index in [4.69, 9.17) is 4.74 Å². The van der Waals surface area contributed by atoms with E-state index in [0.717, 1.165) is 24.3 Å². The van der Waals surface area contributed by atoms with E-state index in [2.05, 4.69) is 23.7 Å². The molecule has 0 unspecified atom stereocenters. The van der Waals surface area contributed by atoms with Crippen LogP contribution in [-0.4, -0.2) is 35.8 Å². The SMILES string of the molecule is CCC1=C(C(=O)OC)[C@@H](c2ccccc2)n2c(s/c(=C\c3ccc(N(CC)CC)cc3O)c2=O)=N1. The van der Waals surface area contributed by atoms with Gasteiger partial charge in [-0.2, -0.15) is 0 Å². The maximum Gasteiger partial charge on any atom is 0.338 e. The van der Waals surface area contributed by atoms with Gasteiger partial charge in [0.15, 0.2) is 4.80 Å². The molecule has 8 heteroatoms. The molecule has 7 nitrogen and oxygen atoms in total. The normalized spacial score (nSPS) is 15.5. The molecule has 3 aromatic rings. The lowest BCUT2D eigenvalue weighted by Crippen LogP contribution is -2.40. The number of esters is 1. The second-order valence-corrected chi connectivity index (χ2v) is 9.12. The van der Waals surface area contributed by atoms with E-state index in [0.29, 0.717) is 32.6 Å². The Balaban J connectivity index is 1.91. The van der Waals surface area contributed by atoms with Gasteiger partial charge in [-0.3, -0.25) is 9.36 Å². The van der Waals surface area contributed by atoms with Gasteiger partial charge < -0.3 is 14.7 Å². The quantitative estimate of drug-likeness (QED) is 0.513. The Morgan fingerprint density at radius 3 is 2.49 bits per heavy atom. The van der Waals surface area contributed by atoms with Crippen LogP contribution >= 0.6 is 11.3 Å². The molecule has 0 aliphatic carbocycles. The van der Waals surface area contributed by atoms with E-state index < -0.39 is 12.0 Å². The van der Waals surface area contributed by atoms with Crippen molar-refractivity contribution in [1.82, 2.24) is 4.57 Å². The third-order valence-corrected chi connectivity index (χ3v) is 7.18. The summed E-state index contributed by atoms with van der Waals surface area (Å²) >= 11 is 1.24. The summed E-state index contributed by atoms with van der Waals surface area (Å²) in [5.41, 5.74) is 2.96. The van der Waals surface area contributed by atoms with Crippen LogP contribution in [0, 0.1) is 0 Å². The van der Waals surface area contributed by atoms with Crippen LogP contribution in [0.15, 0.2) is 69.6 Å². The Kier molecular flexibility index (Phi) is 7.21. The molecule has 0 saturated heterocycles. The highest BCUT2D eigenvalue weighted by Crippen LogP contribution is 2.32. The predicted molar refractivity (Wildman–Crippen MR) is 139 cm³/mol. The first kappa shape index (κ1) is 24.5. The average molecular weight is 492 g/mol. The molecule has 35 heavy (non-hydrogen) atoms. The number of hydrogen-bond donors (Lipinski definition) is 1. The van der Waals surface area contributed by atoms with E-state index in [1.165, 1.54) is 18.4 Å². The van der Waals surface area contributed by atoms with Crippen LogP contribution in [-0.2, 0) is 9.53 Å². The first-order chi connectivity index (χ1) is 16.9. The van der Waals surface area contributed by atoms with Gasteiger partial charge in [-0.1, -0.05) is 48.6 Å². The number of methoxy groups -OCH3 is 1. The highest BCUT2D eigenvalue weighted by atomic mass is 32.1. The molecule has 182 valence electrons. The van der Waals surface area contributed by atoms with Gasteiger partial charge in [0.1, 0.15) is 5.75 Å². The number of benzene rings is 2. The van der Waals surface area contributed by atoms with E-state index in [9.17, 15) is 14.7 Å². The van der Waals surface area contributed by atoms with Crippen molar-refractivity contribution in [2.45, 2.75) is 33.2 Å². The van der Waals surface area contributed by atoms with Gasteiger partial charge in [-0.25, -0.2) is 9.79 Å². The summed E-state index contributed by atoms with van der Waals surface area (Å²) in [6.07, 6.45) is 2.20. The molecule has 1 aromatic heterocycles. The van der Waals surface area contributed by atoms with Crippen molar-refractivity contribution in [2.75, 3.05) is 25.1 Å². The number of phenolic OH excluding ortho intramolecular Hbond substituents is 1. The van der Waals surface area contributed by atoms with Crippen molar-refractivity contribution < 1.29 is 14.6 Å². The Morgan fingerprint density at radius 2 is 1.89 bits per heavy atom. The second kappa shape index (κ2) is 10.3. The summed E-state index contributed by atoms with van der Waals surface area (Å²) < 4.78 is 7.06. The number of ether oxygens (including phenoxy) is 1. The second-order valence-electron chi connectivity index (χ2n) is 8.11. The number of carbonyl (C=O) groups is 1. The number of aromatic nitrogens is 1. The minimum Gasteiger partial charge on any atom is -0.507 e. The van der Waals surface area contributed by atoms with E-state index >= 15 is 0 Å². The van der Waals surface area contributed by atoms with Crippen LogP contribution in [0.3, 0.4) is 0 Å². The standard InChI is InChI=1S/C27H29N3O4S/c1-5-20-23(26(33)34-4)24(17-11-9-8-10-12-17)30-25(32)22(35-27(30)28-20)15-18-13-14-19(16-21(18)31)29(6-2)7-3/h8-16,24,31H,5-7H2,1-4H3/b22-15-/t24-/m1/s1. The van der Waals surface area contributed by atoms with Crippen LogP contribution in [0.1, 0.15) is 44.4 Å². The van der Waals surface area contributed by atoms with Crippen LogP contribution in [0.5, 0.6) is 5.75 Å². The molecule has 0 bridgehead atoms. The van der Waals surface area contributed by atoms with Crippen molar-refractivity contribution in [1.29, 1.82) is 0 Å². The number of carbonyl (C=O) groups excluding carboxylic acids is 1. The van der Waals surface area contributed by atoms with Crippen LogP contribution < -0.4 is 19.8 Å². The topological polar surface area (TPSA) is 84.1 Å². The smallest absolute Gasteiger partial charge is 0.338 e. The molecule has 2 aromatic carbocycles. The van der Waals surface area contributed by atoms with E-state index in [1.807, 2.05) is 49.4 Å². The molecular formula is C27H29N3O4S. The van der Waals surface area contributed by atoms with Gasteiger partial charge in [0.2, 0.25) is 0 Å². The van der Waals surface area contributed by atoms with Gasteiger partial charge in [-0.05, 0) is 44.0 Å². The lowest BCUT2D eigenvalue weighted by atomic mass is 9.95. The number of fused-ring (bicyclic) bond motifs is 1. The number of rotatable bonds is 7. The molecular weight excluding hydrogens is 462 g/mol. The summed E-state index contributed by atoms with van der Waals surface area (Å²) in [4.78, 5) is 33.8. The monoisotopic (exact) mass is 491 g/mol. The van der Waals surface area contributed by atoms with E-state index in [-0.39, 0.29) is 11.3 Å². The summed E-state index contributed by atoms with van der Waals surface area (Å²) in [5.74, 6) is -0.400. The highest BCUT2D eigenvalue weighted by Gasteiger charge is 2.33. The fraction of sp³-hybridized carbons (Fsp3) is 0.296. The first-order valence-corrected chi connectivity index (χ1v) is 12.5. The summed E-state index contributed by atoms with van der Waals surface area (Å²) in [6, 6.07) is 14.2. The lowest BCUT2D eigenvalue weighted by Gasteiger charge is -2.25. The van der Waals surface area contributed by atoms with Crippen LogP contribution in [0.2, 0.25) is 0 Å². The largest absolute Gasteiger partial charge is 0.507 e. The molecule has 1 aliphatic heterocycles. The summed E-state index contributed by atoms with van der Waals surface area (Å²) in [6.45, 7) is 7.70. The molecule has 0 fully saturated rings. The molecule has 1 aliphatic rings. The predicted octanol–water partition coefficient (Wildman–Crippen LogP) is 3.35. The number of anilines is 1. The number of aromatic hydroxyl groups is 1. The number of thiazole rings is 1. The molecule has 2 heterocycles. The van der Waals surface area contributed by atoms with Gasteiger partial charge in [0.25, 0.3) is 5.56 Å². The fourth-order valence-corrected chi connectivity index (χ4v) is 5.41. The third kappa shape index (κ3) is 4.53. The Bertz CT molecular complexity index is 1450. The Hall–Kier alpha value is -3.65. The Labute approximate surface area is 207 Å². The van der Waals surface area contributed by atoms with Crippen LogP contribution in [0.25, 0.3) is 6.08 Å². The van der Waals surface area contributed by atoms with Gasteiger partial charge in [-0.15, -0.1) is 0 Å². The summed E-state index contributed by atoms with van der Waals surface area (Å²) in [7, 11) is 1.33. The maximum atomic E-state index is 13.6. The third-order valence-electron chi connectivity index (χ3n) is 6.19. The minimum atomic E-state index is -0.643. The zero-order valence-electron chi connectivity index (χ0n) is 20.3. The molecule has 1 atom stereocenters. The van der Waals surface area contributed by atoms with Crippen molar-refractivity contribution in [3.8, 4) is 5.75 Å². The zero-order chi connectivity index (χ0) is 25.1. The molecule has 0 spiro atoms. The van der Waals surface area contributed by atoms with Gasteiger partial charge >= 0.3 is 5.97 Å². The molecule has 0 saturated carbocycles. The number of allylic oxidation sites excluding steroid dienone is 1. The average Bonchev–Trinajstić information content (AvgIpc) is 3.19. The molecule has 0 radical (unpaired) electrons. The Morgan fingerprint density at radius 1 is 1.17 bits per heavy atom. The summed E-state index contributed by atoms with van der Waals surface area (Å²) in [5, 5.41) is 10.7. The number of phenols is 1. The molecule has 1 N–H and O–H groups in total.